The Morgan fingerprint density at radius 2 is 2.19 bits per heavy atom. The van der Waals surface area contributed by atoms with Gasteiger partial charge in [0.25, 0.3) is 0 Å². The third-order valence-electron chi connectivity index (χ3n) is 2.23. The minimum atomic E-state index is -0.843. The highest BCUT2D eigenvalue weighted by atomic mass is 16.5. The summed E-state index contributed by atoms with van der Waals surface area (Å²) in [7, 11) is 0. The summed E-state index contributed by atoms with van der Waals surface area (Å²) in [6.45, 7) is -0.211. The van der Waals surface area contributed by atoms with Crippen molar-refractivity contribution in [1.29, 1.82) is 0 Å². The lowest BCUT2D eigenvalue weighted by Gasteiger charge is -2.10. The molecule has 1 aromatic heterocycles. The van der Waals surface area contributed by atoms with Crippen molar-refractivity contribution >= 4 is 10.9 Å². The molecule has 4 nitrogen and oxygen atoms in total. The number of nitrogens with zero attached hydrogens (tertiary/aromatic N) is 1. The van der Waals surface area contributed by atoms with E-state index in [0.717, 1.165) is 10.9 Å². The smallest absolute Gasteiger partial charge is 0.120 e. The normalized spacial score (nSPS) is 12.6. The average Bonchev–Trinajstić information content (AvgIpc) is 2.35. The van der Waals surface area contributed by atoms with Crippen LogP contribution in [0.15, 0.2) is 36.5 Å². The van der Waals surface area contributed by atoms with Gasteiger partial charge in [-0.15, -0.1) is 0 Å². The topological polar surface area (TPSA) is 62.6 Å². The van der Waals surface area contributed by atoms with Gasteiger partial charge in [0.05, 0.1) is 12.1 Å². The monoisotopic (exact) mass is 219 g/mol. The molecule has 1 aromatic carbocycles. The van der Waals surface area contributed by atoms with Crippen molar-refractivity contribution in [3.63, 3.8) is 0 Å². The first-order chi connectivity index (χ1) is 7.79. The van der Waals surface area contributed by atoms with Crippen LogP contribution in [0, 0.1) is 0 Å². The molecule has 0 amide bonds. The Hall–Kier alpha value is -1.65. The largest absolute Gasteiger partial charge is 0.491 e. The van der Waals surface area contributed by atoms with Gasteiger partial charge in [0.1, 0.15) is 18.5 Å². The lowest BCUT2D eigenvalue weighted by atomic mass is 10.2. The number of hydrogen-bond donors (Lipinski definition) is 2. The number of rotatable bonds is 4. The predicted octanol–water partition coefficient (Wildman–Crippen LogP) is 0.967. The molecule has 0 bridgehead atoms. The number of aromatic nitrogens is 1. The van der Waals surface area contributed by atoms with E-state index in [9.17, 15) is 0 Å². The Morgan fingerprint density at radius 1 is 1.31 bits per heavy atom. The molecule has 0 aliphatic carbocycles. The van der Waals surface area contributed by atoms with Gasteiger partial charge >= 0.3 is 0 Å². The number of aliphatic hydroxyl groups is 2. The van der Waals surface area contributed by atoms with Crippen LogP contribution in [0.3, 0.4) is 0 Å². The van der Waals surface area contributed by atoms with Crippen LogP contribution in [0.5, 0.6) is 5.75 Å². The quantitative estimate of drug-likeness (QED) is 0.804. The first-order valence-electron chi connectivity index (χ1n) is 5.06. The van der Waals surface area contributed by atoms with Crippen molar-refractivity contribution in [2.24, 2.45) is 0 Å². The van der Waals surface area contributed by atoms with Gasteiger partial charge in [-0.2, -0.15) is 0 Å². The summed E-state index contributed by atoms with van der Waals surface area (Å²) in [6, 6.07) is 9.30. The van der Waals surface area contributed by atoms with E-state index in [1.54, 1.807) is 12.3 Å². The molecule has 0 saturated carbocycles. The van der Waals surface area contributed by atoms with Crippen molar-refractivity contribution < 1.29 is 14.9 Å². The van der Waals surface area contributed by atoms with Crippen LogP contribution in [-0.2, 0) is 0 Å². The van der Waals surface area contributed by atoms with Crippen LogP contribution in [0.4, 0.5) is 0 Å². The summed E-state index contributed by atoms with van der Waals surface area (Å²) in [5.41, 5.74) is 0.901. The summed E-state index contributed by atoms with van der Waals surface area (Å²) in [5.74, 6) is 0.660. The van der Waals surface area contributed by atoms with Gasteiger partial charge in [-0.05, 0) is 24.3 Å². The van der Waals surface area contributed by atoms with Gasteiger partial charge in [-0.25, -0.2) is 0 Å². The summed E-state index contributed by atoms with van der Waals surface area (Å²) in [6.07, 6.45) is 0.892. The second-order valence-electron chi connectivity index (χ2n) is 3.51. The van der Waals surface area contributed by atoms with Gasteiger partial charge in [0.15, 0.2) is 0 Å². The molecule has 2 aromatic rings. The first kappa shape index (κ1) is 10.9. The van der Waals surface area contributed by atoms with E-state index >= 15 is 0 Å². The van der Waals surface area contributed by atoms with E-state index in [4.69, 9.17) is 14.9 Å². The number of pyridine rings is 1. The third kappa shape index (κ3) is 2.48. The number of ether oxygens (including phenoxy) is 1. The zero-order valence-corrected chi connectivity index (χ0v) is 8.71. The molecule has 2 N–H and O–H groups in total. The summed E-state index contributed by atoms with van der Waals surface area (Å²) >= 11 is 0. The lowest BCUT2D eigenvalue weighted by molar-refractivity contribution is 0.0536. The molecule has 0 fully saturated rings. The number of aliphatic hydroxyl groups excluding tert-OH is 2. The van der Waals surface area contributed by atoms with E-state index in [-0.39, 0.29) is 13.2 Å². The number of benzene rings is 1. The van der Waals surface area contributed by atoms with E-state index in [0.29, 0.717) is 5.75 Å². The van der Waals surface area contributed by atoms with Crippen LogP contribution >= 0.6 is 0 Å². The second kappa shape index (κ2) is 4.92. The minimum Gasteiger partial charge on any atom is -0.491 e. The molecule has 1 heterocycles. The lowest BCUT2D eigenvalue weighted by Crippen LogP contribution is -2.21. The SMILES string of the molecule is OCC(O)COc1ccc2ncccc2c1. The molecule has 2 rings (SSSR count). The van der Waals surface area contributed by atoms with Gasteiger partial charge in [-0.3, -0.25) is 4.98 Å². The highest BCUT2D eigenvalue weighted by molar-refractivity contribution is 5.79. The Labute approximate surface area is 93.1 Å². The van der Waals surface area contributed by atoms with E-state index in [1.165, 1.54) is 0 Å². The first-order valence-corrected chi connectivity index (χ1v) is 5.06. The Morgan fingerprint density at radius 3 is 3.00 bits per heavy atom. The van der Waals surface area contributed by atoms with Gasteiger partial charge in [-0.1, -0.05) is 6.07 Å². The molecule has 16 heavy (non-hydrogen) atoms. The molecule has 4 heteroatoms. The maximum Gasteiger partial charge on any atom is 0.120 e. The zero-order valence-electron chi connectivity index (χ0n) is 8.71. The van der Waals surface area contributed by atoms with Crippen LogP contribution in [0.2, 0.25) is 0 Å². The fraction of sp³-hybridized carbons (Fsp3) is 0.250. The molecule has 1 unspecified atom stereocenters. The fourth-order valence-electron chi connectivity index (χ4n) is 1.39. The molecular weight excluding hydrogens is 206 g/mol. The average molecular weight is 219 g/mol. The Bertz CT molecular complexity index is 473. The molecule has 0 saturated heterocycles. The van der Waals surface area contributed by atoms with E-state index in [1.807, 2.05) is 24.3 Å². The maximum atomic E-state index is 9.15. The van der Waals surface area contributed by atoms with E-state index in [2.05, 4.69) is 4.98 Å². The molecule has 0 radical (unpaired) electrons. The fourth-order valence-corrected chi connectivity index (χ4v) is 1.39. The van der Waals surface area contributed by atoms with Gasteiger partial charge in [0.2, 0.25) is 0 Å². The molecule has 0 aliphatic rings. The second-order valence-corrected chi connectivity index (χ2v) is 3.51. The predicted molar refractivity (Wildman–Crippen MR) is 60.3 cm³/mol. The van der Waals surface area contributed by atoms with Crippen LogP contribution in [0.25, 0.3) is 10.9 Å². The van der Waals surface area contributed by atoms with Crippen molar-refractivity contribution in [2.75, 3.05) is 13.2 Å². The Kier molecular flexibility index (Phi) is 3.34. The summed E-state index contributed by atoms with van der Waals surface area (Å²) in [4.78, 5) is 4.19. The third-order valence-corrected chi connectivity index (χ3v) is 2.23. The number of hydrogen-bond acceptors (Lipinski definition) is 4. The van der Waals surface area contributed by atoms with Crippen molar-refractivity contribution in [2.45, 2.75) is 6.10 Å². The highest BCUT2D eigenvalue weighted by Gasteiger charge is 2.03. The molecule has 0 spiro atoms. The Balaban J connectivity index is 2.13. The standard InChI is InChI=1S/C12H13NO3/c14-7-10(15)8-16-11-3-4-12-9(6-11)2-1-5-13-12/h1-6,10,14-15H,7-8H2. The molecule has 0 aliphatic heterocycles. The van der Waals surface area contributed by atoms with E-state index < -0.39 is 6.10 Å². The maximum absolute atomic E-state index is 9.15. The molecule has 84 valence electrons. The molecular formula is C12H13NO3. The van der Waals surface area contributed by atoms with Crippen LogP contribution < -0.4 is 4.74 Å². The minimum absolute atomic E-state index is 0.0856. The van der Waals surface area contributed by atoms with Crippen molar-refractivity contribution in [3.8, 4) is 5.75 Å². The zero-order chi connectivity index (χ0) is 11.4. The molecule has 1 atom stereocenters. The van der Waals surface area contributed by atoms with Crippen molar-refractivity contribution in [1.82, 2.24) is 4.98 Å². The summed E-state index contributed by atoms with van der Waals surface area (Å²) in [5, 5.41) is 18.8. The van der Waals surface area contributed by atoms with Crippen LogP contribution in [0.1, 0.15) is 0 Å². The highest BCUT2D eigenvalue weighted by Crippen LogP contribution is 2.18. The summed E-state index contributed by atoms with van der Waals surface area (Å²) < 4.78 is 5.33. The van der Waals surface area contributed by atoms with Gasteiger partial charge in [0, 0.05) is 11.6 Å². The number of fused-ring (bicyclic) bond motifs is 1. The van der Waals surface area contributed by atoms with Crippen molar-refractivity contribution in [3.05, 3.63) is 36.5 Å². The van der Waals surface area contributed by atoms with Gasteiger partial charge < -0.3 is 14.9 Å². The van der Waals surface area contributed by atoms with Crippen LogP contribution in [-0.4, -0.2) is 34.5 Å².